The topological polar surface area (TPSA) is 37.0 Å². The number of hydrogen-bond donors (Lipinski definition) is 2. The molecule has 0 aliphatic carbocycles. The molecule has 0 saturated carbocycles. The first-order valence-corrected chi connectivity index (χ1v) is 7.57. The first-order valence-electron chi connectivity index (χ1n) is 7.17. The van der Waals surface area contributed by atoms with Gasteiger partial charge in [0, 0.05) is 5.69 Å². The maximum Gasteiger partial charge on any atom is 0.172 e. The molecule has 21 heavy (non-hydrogen) atoms. The minimum atomic E-state index is 0.205. The molecule has 0 aliphatic heterocycles. The first kappa shape index (κ1) is 15.4. The van der Waals surface area contributed by atoms with Gasteiger partial charge in [-0.3, -0.25) is 0 Å². The summed E-state index contributed by atoms with van der Waals surface area (Å²) in [6.45, 7) is 6.24. The van der Waals surface area contributed by atoms with E-state index in [4.69, 9.17) is 12.2 Å². The summed E-state index contributed by atoms with van der Waals surface area (Å²) in [7, 11) is 0. The Bertz CT molecular complexity index is 625. The summed E-state index contributed by atoms with van der Waals surface area (Å²) in [6, 6.07) is 14.4. The van der Waals surface area contributed by atoms with Crippen LogP contribution < -0.4 is 10.6 Å². The Kier molecular flexibility index (Phi) is 5.28. The smallest absolute Gasteiger partial charge is 0.172 e. The molecule has 0 bridgehead atoms. The maximum atomic E-state index is 5.40. The second-order valence-electron chi connectivity index (χ2n) is 5.08. The average Bonchev–Trinajstić information content (AvgIpc) is 2.45. The molecule has 0 radical (unpaired) electrons. The van der Waals surface area contributed by atoms with E-state index in [-0.39, 0.29) is 6.04 Å². The van der Waals surface area contributed by atoms with E-state index in [1.165, 1.54) is 11.1 Å². The Balaban J connectivity index is 2.05. The van der Waals surface area contributed by atoms with Crippen molar-refractivity contribution in [3.63, 3.8) is 0 Å². The van der Waals surface area contributed by atoms with Gasteiger partial charge in [0.05, 0.1) is 6.04 Å². The van der Waals surface area contributed by atoms with E-state index in [9.17, 15) is 0 Å². The predicted molar refractivity (Wildman–Crippen MR) is 92.5 cm³/mol. The van der Waals surface area contributed by atoms with Crippen LogP contribution in [0.2, 0.25) is 0 Å². The predicted octanol–water partition coefficient (Wildman–Crippen LogP) is 4.14. The molecule has 0 unspecified atom stereocenters. The van der Waals surface area contributed by atoms with Gasteiger partial charge in [-0.1, -0.05) is 37.3 Å². The molecule has 1 aromatic carbocycles. The van der Waals surface area contributed by atoms with E-state index >= 15 is 0 Å². The molecular formula is C17H21N3S. The number of benzene rings is 1. The highest BCUT2D eigenvalue weighted by Crippen LogP contribution is 2.20. The average molecular weight is 299 g/mol. The molecule has 1 heterocycles. The quantitative estimate of drug-likeness (QED) is 0.832. The zero-order valence-corrected chi connectivity index (χ0v) is 13.5. The van der Waals surface area contributed by atoms with Crippen LogP contribution >= 0.6 is 12.2 Å². The van der Waals surface area contributed by atoms with E-state index in [2.05, 4.69) is 53.7 Å². The summed E-state index contributed by atoms with van der Waals surface area (Å²) in [5.74, 6) is 0.770. The minimum Gasteiger partial charge on any atom is -0.356 e. The van der Waals surface area contributed by atoms with Crippen molar-refractivity contribution in [3.8, 4) is 0 Å². The molecule has 0 saturated heterocycles. The summed E-state index contributed by atoms with van der Waals surface area (Å²) in [5, 5.41) is 7.12. The van der Waals surface area contributed by atoms with E-state index in [1.54, 1.807) is 0 Å². The minimum absolute atomic E-state index is 0.205. The van der Waals surface area contributed by atoms with Crippen molar-refractivity contribution in [1.82, 2.24) is 10.3 Å². The first-order chi connectivity index (χ1) is 10.1. The zero-order chi connectivity index (χ0) is 15.2. The molecule has 2 rings (SSSR count). The van der Waals surface area contributed by atoms with E-state index in [0.717, 1.165) is 17.9 Å². The number of nitrogens with zero attached hydrogens (tertiary/aromatic N) is 1. The highest BCUT2D eigenvalue weighted by Gasteiger charge is 2.12. The van der Waals surface area contributed by atoms with E-state index < -0.39 is 0 Å². The van der Waals surface area contributed by atoms with Crippen molar-refractivity contribution in [2.24, 2.45) is 0 Å². The van der Waals surface area contributed by atoms with Gasteiger partial charge in [0.1, 0.15) is 5.82 Å². The number of aryl methyl sites for hydroxylation is 2. The number of pyridine rings is 1. The largest absolute Gasteiger partial charge is 0.356 e. The van der Waals surface area contributed by atoms with Crippen molar-refractivity contribution in [3.05, 3.63) is 59.3 Å². The molecule has 1 atom stereocenters. The number of anilines is 1. The Morgan fingerprint density at radius 3 is 2.57 bits per heavy atom. The third-order valence-corrected chi connectivity index (χ3v) is 3.63. The fraction of sp³-hybridized carbons (Fsp3) is 0.294. The van der Waals surface area contributed by atoms with Crippen molar-refractivity contribution in [2.75, 3.05) is 5.32 Å². The third-order valence-electron chi connectivity index (χ3n) is 3.41. The molecule has 0 aliphatic rings. The van der Waals surface area contributed by atoms with Crippen molar-refractivity contribution >= 4 is 23.1 Å². The zero-order valence-electron chi connectivity index (χ0n) is 12.7. The Morgan fingerprint density at radius 1 is 1.14 bits per heavy atom. The molecule has 2 aromatic rings. The van der Waals surface area contributed by atoms with Crippen LogP contribution in [-0.2, 0) is 0 Å². The summed E-state index contributed by atoms with van der Waals surface area (Å²) < 4.78 is 0. The highest BCUT2D eigenvalue weighted by molar-refractivity contribution is 7.80. The van der Waals surface area contributed by atoms with Crippen molar-refractivity contribution in [2.45, 2.75) is 33.2 Å². The van der Waals surface area contributed by atoms with Crippen LogP contribution in [0.1, 0.15) is 36.2 Å². The standard InChI is InChI=1S/C17H21N3S/c1-4-15(14-10-6-5-8-12(14)2)19-17(21)20-16-11-7-9-13(3)18-16/h5-11,15H,4H2,1-3H3,(H2,18,19,20,21)/t15-/m1/s1. The lowest BCUT2D eigenvalue weighted by Crippen LogP contribution is -2.32. The van der Waals surface area contributed by atoms with Gasteiger partial charge in [0.15, 0.2) is 5.11 Å². The SMILES string of the molecule is CC[C@@H](NC(=S)Nc1cccc(C)n1)c1ccccc1C. The fourth-order valence-corrected chi connectivity index (χ4v) is 2.55. The third kappa shape index (κ3) is 4.26. The van der Waals surface area contributed by atoms with Crippen molar-refractivity contribution < 1.29 is 0 Å². The van der Waals surface area contributed by atoms with Gasteiger partial charge in [0.25, 0.3) is 0 Å². The second kappa shape index (κ2) is 7.18. The molecule has 0 spiro atoms. The molecular weight excluding hydrogens is 278 g/mol. The lowest BCUT2D eigenvalue weighted by atomic mass is 10.00. The molecule has 0 fully saturated rings. The lowest BCUT2D eigenvalue weighted by Gasteiger charge is -2.21. The summed E-state index contributed by atoms with van der Waals surface area (Å²) in [6.07, 6.45) is 0.966. The summed E-state index contributed by atoms with van der Waals surface area (Å²) >= 11 is 5.40. The van der Waals surface area contributed by atoms with Gasteiger partial charge < -0.3 is 10.6 Å². The van der Waals surface area contributed by atoms with E-state index in [1.807, 2.05) is 25.1 Å². The van der Waals surface area contributed by atoms with Gasteiger partial charge in [-0.25, -0.2) is 4.98 Å². The van der Waals surface area contributed by atoms with Gasteiger partial charge >= 0.3 is 0 Å². The molecule has 110 valence electrons. The van der Waals surface area contributed by atoms with Crippen LogP contribution in [0.3, 0.4) is 0 Å². The Morgan fingerprint density at radius 2 is 1.90 bits per heavy atom. The number of aromatic nitrogens is 1. The Hall–Kier alpha value is -1.94. The maximum absolute atomic E-state index is 5.40. The normalized spacial score (nSPS) is 11.8. The molecule has 2 N–H and O–H groups in total. The lowest BCUT2D eigenvalue weighted by molar-refractivity contribution is 0.625. The number of nitrogens with one attached hydrogen (secondary N) is 2. The summed E-state index contributed by atoms with van der Waals surface area (Å²) in [5.41, 5.74) is 3.52. The molecule has 0 amide bonds. The van der Waals surface area contributed by atoms with Crippen LogP contribution in [0.15, 0.2) is 42.5 Å². The molecule has 1 aromatic heterocycles. The van der Waals surface area contributed by atoms with Crippen LogP contribution in [0.25, 0.3) is 0 Å². The molecule has 4 heteroatoms. The second-order valence-corrected chi connectivity index (χ2v) is 5.49. The fourth-order valence-electron chi connectivity index (χ4n) is 2.30. The Labute approximate surface area is 131 Å². The van der Waals surface area contributed by atoms with E-state index in [0.29, 0.717) is 5.11 Å². The number of rotatable bonds is 4. The number of hydrogen-bond acceptors (Lipinski definition) is 2. The summed E-state index contributed by atoms with van der Waals surface area (Å²) in [4.78, 5) is 4.40. The van der Waals surface area contributed by atoms with Crippen LogP contribution in [-0.4, -0.2) is 10.1 Å². The number of thiocarbonyl (C=S) groups is 1. The van der Waals surface area contributed by atoms with Crippen LogP contribution in [0.4, 0.5) is 5.82 Å². The monoisotopic (exact) mass is 299 g/mol. The van der Waals surface area contributed by atoms with Crippen LogP contribution in [0, 0.1) is 13.8 Å². The van der Waals surface area contributed by atoms with Crippen LogP contribution in [0.5, 0.6) is 0 Å². The van der Waals surface area contributed by atoms with Gasteiger partial charge in [0.2, 0.25) is 0 Å². The highest BCUT2D eigenvalue weighted by atomic mass is 32.1. The van der Waals surface area contributed by atoms with Crippen molar-refractivity contribution in [1.29, 1.82) is 0 Å². The molecule has 3 nitrogen and oxygen atoms in total. The van der Waals surface area contributed by atoms with Gasteiger partial charge in [-0.15, -0.1) is 0 Å². The van der Waals surface area contributed by atoms with Gasteiger partial charge in [-0.05, 0) is 55.7 Å². The van der Waals surface area contributed by atoms with Gasteiger partial charge in [-0.2, -0.15) is 0 Å².